The lowest BCUT2D eigenvalue weighted by atomic mass is 10.4. The Bertz CT molecular complexity index is 429. The highest BCUT2D eigenvalue weighted by Gasteiger charge is 2.15. The highest BCUT2D eigenvalue weighted by Crippen LogP contribution is 2.28. The van der Waals surface area contributed by atoms with E-state index in [0.29, 0.717) is 10.6 Å². The summed E-state index contributed by atoms with van der Waals surface area (Å²) in [6.07, 6.45) is 0. The molecule has 0 radical (unpaired) electrons. The molecule has 6 nitrogen and oxygen atoms in total. The van der Waals surface area contributed by atoms with Gasteiger partial charge in [0.15, 0.2) is 0 Å². The third-order valence-corrected chi connectivity index (χ3v) is 3.04. The molecule has 1 heterocycles. The molecule has 2 N–H and O–H groups in total. The van der Waals surface area contributed by atoms with Gasteiger partial charge in [-0.05, 0) is 13.0 Å². The van der Waals surface area contributed by atoms with Crippen molar-refractivity contribution < 1.29 is 24.2 Å². The highest BCUT2D eigenvalue weighted by atomic mass is 32.1. The Morgan fingerprint density at radius 1 is 1.50 bits per heavy atom. The Morgan fingerprint density at radius 2 is 2.22 bits per heavy atom. The van der Waals surface area contributed by atoms with E-state index in [1.54, 1.807) is 6.07 Å². The quantitative estimate of drug-likeness (QED) is 0.721. The fraction of sp³-hybridized carbons (Fsp3) is 0.455. The molecule has 0 unspecified atom stereocenters. The molecule has 0 aliphatic rings. The van der Waals surface area contributed by atoms with E-state index in [1.807, 2.05) is 6.92 Å². The molecule has 18 heavy (non-hydrogen) atoms. The predicted molar refractivity (Wildman–Crippen MR) is 66.4 cm³/mol. The van der Waals surface area contributed by atoms with Crippen molar-refractivity contribution in [2.24, 2.45) is 0 Å². The molecule has 100 valence electrons. The molecule has 0 spiro atoms. The second kappa shape index (κ2) is 6.97. The standard InChI is InChI=1S/C11H15NO5S/c1-7-5-8(16-2)10(18-7)11(15)12-3-4-17-6-9(13)14/h5H,3-4,6H2,1-2H3,(H,12,15)(H,13,14). The third kappa shape index (κ3) is 4.34. The van der Waals surface area contributed by atoms with Gasteiger partial charge in [-0.3, -0.25) is 4.79 Å². The van der Waals surface area contributed by atoms with Gasteiger partial charge >= 0.3 is 5.97 Å². The van der Waals surface area contributed by atoms with Gasteiger partial charge in [0.05, 0.1) is 13.7 Å². The van der Waals surface area contributed by atoms with Crippen molar-refractivity contribution in [1.29, 1.82) is 0 Å². The molecule has 1 amide bonds. The zero-order valence-corrected chi connectivity index (χ0v) is 11.0. The molecule has 0 saturated heterocycles. The summed E-state index contributed by atoms with van der Waals surface area (Å²) in [6, 6.07) is 1.79. The first-order chi connectivity index (χ1) is 8.54. The van der Waals surface area contributed by atoms with Crippen LogP contribution in [0.2, 0.25) is 0 Å². The maximum Gasteiger partial charge on any atom is 0.329 e. The molecule has 0 aromatic carbocycles. The molecule has 1 aromatic heterocycles. The summed E-state index contributed by atoms with van der Waals surface area (Å²) < 4.78 is 9.89. The molecule has 7 heteroatoms. The molecule has 0 fully saturated rings. The number of aliphatic carboxylic acids is 1. The van der Waals surface area contributed by atoms with E-state index in [4.69, 9.17) is 14.6 Å². The van der Waals surface area contributed by atoms with Crippen molar-refractivity contribution in [2.75, 3.05) is 26.9 Å². The Morgan fingerprint density at radius 3 is 2.83 bits per heavy atom. The number of methoxy groups -OCH3 is 1. The van der Waals surface area contributed by atoms with Gasteiger partial charge in [-0.25, -0.2) is 4.79 Å². The van der Waals surface area contributed by atoms with Crippen molar-refractivity contribution in [1.82, 2.24) is 5.32 Å². The molecular formula is C11H15NO5S. The Hall–Kier alpha value is -1.60. The van der Waals surface area contributed by atoms with Gasteiger partial charge in [-0.2, -0.15) is 0 Å². The van der Waals surface area contributed by atoms with Crippen LogP contribution in [0.15, 0.2) is 6.07 Å². The minimum absolute atomic E-state index is 0.157. The Kier molecular flexibility index (Phi) is 5.60. The molecule has 1 rings (SSSR count). The van der Waals surface area contributed by atoms with E-state index < -0.39 is 5.97 Å². The van der Waals surface area contributed by atoms with E-state index in [9.17, 15) is 9.59 Å². The minimum atomic E-state index is -1.03. The molecule has 0 aliphatic heterocycles. The van der Waals surface area contributed by atoms with E-state index in [1.165, 1.54) is 18.4 Å². The van der Waals surface area contributed by atoms with Crippen molar-refractivity contribution in [2.45, 2.75) is 6.92 Å². The number of carbonyl (C=O) groups excluding carboxylic acids is 1. The number of carboxylic acids is 1. The molecule has 0 atom stereocenters. The van der Waals surface area contributed by atoms with Crippen molar-refractivity contribution in [3.05, 3.63) is 15.8 Å². The van der Waals surface area contributed by atoms with Gasteiger partial charge in [0.1, 0.15) is 17.2 Å². The summed E-state index contributed by atoms with van der Waals surface area (Å²) in [7, 11) is 1.51. The van der Waals surface area contributed by atoms with Gasteiger partial charge in [0.2, 0.25) is 0 Å². The maximum atomic E-state index is 11.8. The summed E-state index contributed by atoms with van der Waals surface area (Å²) >= 11 is 1.34. The number of aryl methyl sites for hydroxylation is 1. The summed E-state index contributed by atoms with van der Waals surface area (Å²) in [5.41, 5.74) is 0. The summed E-state index contributed by atoms with van der Waals surface area (Å²) in [5.74, 6) is -0.734. The van der Waals surface area contributed by atoms with Crippen LogP contribution in [-0.2, 0) is 9.53 Å². The van der Waals surface area contributed by atoms with E-state index in [-0.39, 0.29) is 25.7 Å². The number of nitrogens with one attached hydrogen (secondary N) is 1. The van der Waals surface area contributed by atoms with Crippen LogP contribution >= 0.6 is 11.3 Å². The summed E-state index contributed by atoms with van der Waals surface area (Å²) in [6.45, 7) is 1.94. The number of hydrogen-bond acceptors (Lipinski definition) is 5. The first-order valence-electron chi connectivity index (χ1n) is 5.26. The average Bonchev–Trinajstić information content (AvgIpc) is 2.69. The van der Waals surface area contributed by atoms with E-state index in [0.717, 1.165) is 4.88 Å². The number of carboxylic acid groups (broad SMARTS) is 1. The first-order valence-corrected chi connectivity index (χ1v) is 6.08. The van der Waals surface area contributed by atoms with Gasteiger partial charge in [-0.1, -0.05) is 0 Å². The Labute approximate surface area is 109 Å². The van der Waals surface area contributed by atoms with Crippen molar-refractivity contribution in [3.63, 3.8) is 0 Å². The van der Waals surface area contributed by atoms with E-state index in [2.05, 4.69) is 5.32 Å². The predicted octanol–water partition coefficient (Wildman–Crippen LogP) is 0.896. The summed E-state index contributed by atoms with van der Waals surface area (Å²) in [5, 5.41) is 11.0. The third-order valence-electron chi connectivity index (χ3n) is 2.00. The van der Waals surface area contributed by atoms with Crippen LogP contribution in [0, 0.1) is 6.92 Å². The lowest BCUT2D eigenvalue weighted by molar-refractivity contribution is -0.142. The lowest BCUT2D eigenvalue weighted by Crippen LogP contribution is -2.27. The number of ether oxygens (including phenoxy) is 2. The number of hydrogen-bond donors (Lipinski definition) is 2. The second-order valence-electron chi connectivity index (χ2n) is 3.46. The van der Waals surface area contributed by atoms with Gasteiger partial charge < -0.3 is 19.9 Å². The molecule has 0 aliphatic carbocycles. The van der Waals surface area contributed by atoms with E-state index >= 15 is 0 Å². The number of amides is 1. The topological polar surface area (TPSA) is 84.9 Å². The van der Waals surface area contributed by atoms with Gasteiger partial charge in [0.25, 0.3) is 5.91 Å². The smallest absolute Gasteiger partial charge is 0.329 e. The van der Waals surface area contributed by atoms with Crippen molar-refractivity contribution >= 4 is 23.2 Å². The minimum Gasteiger partial charge on any atom is -0.495 e. The number of thiophene rings is 1. The monoisotopic (exact) mass is 273 g/mol. The van der Waals surface area contributed by atoms with Crippen LogP contribution in [0.1, 0.15) is 14.5 Å². The molecule has 0 bridgehead atoms. The van der Waals surface area contributed by atoms with Crippen molar-refractivity contribution in [3.8, 4) is 5.75 Å². The fourth-order valence-corrected chi connectivity index (χ4v) is 2.17. The SMILES string of the molecule is COc1cc(C)sc1C(=O)NCCOCC(=O)O. The van der Waals surface area contributed by atoms with Crippen LogP contribution in [0.5, 0.6) is 5.75 Å². The lowest BCUT2D eigenvalue weighted by Gasteiger charge is -2.05. The van der Waals surface area contributed by atoms with Crippen LogP contribution in [0.4, 0.5) is 0 Å². The average molecular weight is 273 g/mol. The second-order valence-corrected chi connectivity index (χ2v) is 4.71. The molecule has 0 saturated carbocycles. The fourth-order valence-electron chi connectivity index (χ4n) is 1.28. The Balaban J connectivity index is 2.38. The largest absolute Gasteiger partial charge is 0.495 e. The maximum absolute atomic E-state index is 11.8. The zero-order chi connectivity index (χ0) is 13.5. The van der Waals surface area contributed by atoms with Crippen LogP contribution < -0.4 is 10.1 Å². The van der Waals surface area contributed by atoms with Crippen LogP contribution in [0.3, 0.4) is 0 Å². The molecular weight excluding hydrogens is 258 g/mol. The molecule has 1 aromatic rings. The van der Waals surface area contributed by atoms with Gasteiger partial charge in [0, 0.05) is 11.4 Å². The number of rotatable bonds is 7. The number of carbonyl (C=O) groups is 2. The summed E-state index contributed by atoms with van der Waals surface area (Å²) in [4.78, 5) is 23.5. The first kappa shape index (κ1) is 14.5. The normalized spacial score (nSPS) is 10.1. The van der Waals surface area contributed by atoms with Crippen LogP contribution in [-0.4, -0.2) is 43.9 Å². The van der Waals surface area contributed by atoms with Gasteiger partial charge in [-0.15, -0.1) is 11.3 Å². The zero-order valence-electron chi connectivity index (χ0n) is 10.2. The van der Waals surface area contributed by atoms with Crippen LogP contribution in [0.25, 0.3) is 0 Å². The highest BCUT2D eigenvalue weighted by molar-refractivity contribution is 7.14.